The van der Waals surface area contributed by atoms with Gasteiger partial charge in [0, 0.05) is 13.1 Å². The second kappa shape index (κ2) is 3.26. The van der Waals surface area contributed by atoms with Crippen molar-refractivity contribution in [3.63, 3.8) is 0 Å². The molecule has 1 heterocycles. The molecule has 0 aromatic heterocycles. The Morgan fingerprint density at radius 2 is 2.00 bits per heavy atom. The van der Waals surface area contributed by atoms with Crippen molar-refractivity contribution in [2.24, 2.45) is 0 Å². The van der Waals surface area contributed by atoms with Gasteiger partial charge in [-0.15, -0.1) is 0 Å². The van der Waals surface area contributed by atoms with Crippen LogP contribution in [0.15, 0.2) is 0 Å². The summed E-state index contributed by atoms with van der Waals surface area (Å²) in [5.74, 6) is 0. The zero-order valence-electron chi connectivity index (χ0n) is 4.95. The van der Waals surface area contributed by atoms with Gasteiger partial charge < -0.3 is 4.74 Å². The SMILES string of the molecule is O=S(O)N1CCOCC1. The average Bonchev–Trinajstić information content (AvgIpc) is 1.90. The summed E-state index contributed by atoms with van der Waals surface area (Å²) in [6.45, 7) is 2.24. The molecule has 0 spiro atoms. The van der Waals surface area contributed by atoms with Gasteiger partial charge in [-0.05, 0) is 0 Å². The van der Waals surface area contributed by atoms with Gasteiger partial charge in [0.05, 0.1) is 13.2 Å². The van der Waals surface area contributed by atoms with Crippen LogP contribution in [0.1, 0.15) is 0 Å². The molecule has 54 valence electrons. The van der Waals surface area contributed by atoms with Gasteiger partial charge in [0.2, 0.25) is 11.3 Å². The fourth-order valence-corrected chi connectivity index (χ4v) is 1.16. The Morgan fingerprint density at radius 1 is 1.44 bits per heavy atom. The highest BCUT2D eigenvalue weighted by molar-refractivity contribution is 7.76. The largest absolute Gasteiger partial charge is 0.379 e. The van der Waals surface area contributed by atoms with Crippen molar-refractivity contribution in [3.05, 3.63) is 0 Å². The topological polar surface area (TPSA) is 49.8 Å². The third-order valence-corrected chi connectivity index (χ3v) is 2.00. The van der Waals surface area contributed by atoms with Gasteiger partial charge in [-0.3, -0.25) is 4.55 Å². The van der Waals surface area contributed by atoms with Crippen molar-refractivity contribution in [1.82, 2.24) is 4.31 Å². The first-order valence-electron chi connectivity index (χ1n) is 2.74. The number of morpholine rings is 1. The molecule has 1 atom stereocenters. The first kappa shape index (κ1) is 7.14. The van der Waals surface area contributed by atoms with Crippen molar-refractivity contribution >= 4 is 11.3 Å². The highest BCUT2D eigenvalue weighted by atomic mass is 32.2. The predicted octanol–water partition coefficient (Wildman–Crippen LogP) is -0.545. The molecule has 9 heavy (non-hydrogen) atoms. The van der Waals surface area contributed by atoms with E-state index in [1.807, 2.05) is 0 Å². The van der Waals surface area contributed by atoms with Crippen molar-refractivity contribution in [1.29, 1.82) is 0 Å². The summed E-state index contributed by atoms with van der Waals surface area (Å²) in [5.41, 5.74) is 0. The molecule has 0 radical (unpaired) electrons. The summed E-state index contributed by atoms with van der Waals surface area (Å²) >= 11 is -1.80. The number of hydrogen-bond acceptors (Lipinski definition) is 2. The van der Waals surface area contributed by atoms with Crippen molar-refractivity contribution in [3.8, 4) is 0 Å². The molecule has 1 aliphatic rings. The Labute approximate surface area is 56.2 Å². The van der Waals surface area contributed by atoms with E-state index in [-0.39, 0.29) is 0 Å². The maximum absolute atomic E-state index is 10.3. The van der Waals surface area contributed by atoms with Crippen LogP contribution in [-0.4, -0.2) is 39.4 Å². The summed E-state index contributed by atoms with van der Waals surface area (Å²) in [4.78, 5) is 0. The number of ether oxygens (including phenoxy) is 1. The summed E-state index contributed by atoms with van der Waals surface area (Å²) < 4.78 is 25.3. The van der Waals surface area contributed by atoms with Crippen LogP contribution in [0.5, 0.6) is 0 Å². The van der Waals surface area contributed by atoms with E-state index in [9.17, 15) is 4.21 Å². The van der Waals surface area contributed by atoms with Crippen LogP contribution in [0.4, 0.5) is 0 Å². The van der Waals surface area contributed by atoms with Crippen LogP contribution in [0.25, 0.3) is 0 Å². The maximum atomic E-state index is 10.3. The third-order valence-electron chi connectivity index (χ3n) is 1.19. The lowest BCUT2D eigenvalue weighted by molar-refractivity contribution is 0.0724. The minimum absolute atomic E-state index is 0.559. The van der Waals surface area contributed by atoms with Crippen LogP contribution < -0.4 is 0 Å². The molecule has 0 amide bonds. The van der Waals surface area contributed by atoms with Crippen LogP contribution in [0, 0.1) is 0 Å². The van der Waals surface area contributed by atoms with Crippen molar-refractivity contribution in [2.45, 2.75) is 0 Å². The Morgan fingerprint density at radius 3 is 2.33 bits per heavy atom. The van der Waals surface area contributed by atoms with Gasteiger partial charge in [0.15, 0.2) is 0 Å². The quantitative estimate of drug-likeness (QED) is 0.512. The predicted molar refractivity (Wildman–Crippen MR) is 33.2 cm³/mol. The highest BCUT2D eigenvalue weighted by Gasteiger charge is 2.13. The maximum Gasteiger partial charge on any atom is 0.234 e. The molecule has 1 aliphatic heterocycles. The molecule has 0 bridgehead atoms. The van der Waals surface area contributed by atoms with Gasteiger partial charge in [-0.2, -0.15) is 4.31 Å². The Bertz CT molecular complexity index is 112. The third kappa shape index (κ3) is 2.02. The molecule has 1 fully saturated rings. The minimum atomic E-state index is -1.80. The molecular weight excluding hydrogens is 142 g/mol. The fourth-order valence-electron chi connectivity index (χ4n) is 0.703. The van der Waals surface area contributed by atoms with E-state index >= 15 is 0 Å². The van der Waals surface area contributed by atoms with Crippen LogP contribution in [0.2, 0.25) is 0 Å². The molecule has 0 aromatic carbocycles. The monoisotopic (exact) mass is 151 g/mol. The first-order chi connectivity index (χ1) is 4.30. The smallest absolute Gasteiger partial charge is 0.234 e. The van der Waals surface area contributed by atoms with Crippen molar-refractivity contribution < 1.29 is 13.5 Å². The zero-order valence-corrected chi connectivity index (χ0v) is 5.76. The van der Waals surface area contributed by atoms with E-state index in [1.165, 1.54) is 4.31 Å². The van der Waals surface area contributed by atoms with E-state index in [0.29, 0.717) is 26.3 Å². The molecule has 5 heteroatoms. The van der Waals surface area contributed by atoms with E-state index in [4.69, 9.17) is 9.29 Å². The molecular formula is C4H9NO3S. The van der Waals surface area contributed by atoms with E-state index in [2.05, 4.69) is 0 Å². The van der Waals surface area contributed by atoms with Crippen LogP contribution in [0.3, 0.4) is 0 Å². The van der Waals surface area contributed by atoms with Gasteiger partial charge >= 0.3 is 0 Å². The molecule has 0 saturated carbocycles. The minimum Gasteiger partial charge on any atom is -0.379 e. The van der Waals surface area contributed by atoms with Crippen LogP contribution >= 0.6 is 0 Å². The van der Waals surface area contributed by atoms with E-state index in [1.54, 1.807) is 0 Å². The first-order valence-corrected chi connectivity index (χ1v) is 3.81. The second-order valence-corrected chi connectivity index (χ2v) is 2.75. The van der Waals surface area contributed by atoms with Gasteiger partial charge in [-0.1, -0.05) is 0 Å². The summed E-state index contributed by atoms with van der Waals surface area (Å²) in [6, 6.07) is 0. The number of hydrogen-bond donors (Lipinski definition) is 1. The lowest BCUT2D eigenvalue weighted by atomic mass is 10.5. The summed E-state index contributed by atoms with van der Waals surface area (Å²) in [6.07, 6.45) is 0. The Hall–Kier alpha value is 0.0300. The molecule has 0 aliphatic carbocycles. The van der Waals surface area contributed by atoms with E-state index < -0.39 is 11.3 Å². The fraction of sp³-hybridized carbons (Fsp3) is 1.00. The molecule has 1 saturated heterocycles. The Balaban J connectivity index is 2.31. The molecule has 1 unspecified atom stereocenters. The molecule has 4 nitrogen and oxygen atoms in total. The number of rotatable bonds is 1. The molecule has 1 rings (SSSR count). The standard InChI is InChI=1S/C4H9NO3S/c6-9(7)5-1-3-8-4-2-5/h1-4H2,(H,6,7). The Kier molecular flexibility index (Phi) is 2.59. The normalized spacial score (nSPS) is 25.9. The van der Waals surface area contributed by atoms with E-state index in [0.717, 1.165) is 0 Å². The molecule has 0 aromatic rings. The van der Waals surface area contributed by atoms with Gasteiger partial charge in [0.25, 0.3) is 0 Å². The average molecular weight is 151 g/mol. The number of nitrogens with zero attached hydrogens (tertiary/aromatic N) is 1. The van der Waals surface area contributed by atoms with Crippen molar-refractivity contribution in [2.75, 3.05) is 26.3 Å². The summed E-state index contributed by atoms with van der Waals surface area (Å²) in [7, 11) is 0. The van der Waals surface area contributed by atoms with Gasteiger partial charge in [-0.25, -0.2) is 4.21 Å². The lowest BCUT2D eigenvalue weighted by Gasteiger charge is -2.21. The zero-order chi connectivity index (χ0) is 6.69. The second-order valence-electron chi connectivity index (χ2n) is 1.77. The highest BCUT2D eigenvalue weighted by Crippen LogP contribution is 1.97. The lowest BCUT2D eigenvalue weighted by Crippen LogP contribution is -2.37. The van der Waals surface area contributed by atoms with Gasteiger partial charge in [0.1, 0.15) is 0 Å². The van der Waals surface area contributed by atoms with Crippen LogP contribution in [-0.2, 0) is 16.0 Å². The summed E-state index contributed by atoms with van der Waals surface area (Å²) in [5, 5.41) is 0. The molecule has 1 N–H and O–H groups in total.